The fourth-order valence-corrected chi connectivity index (χ4v) is 2.87. The van der Waals surface area contributed by atoms with Gasteiger partial charge in [0, 0.05) is 6.42 Å². The highest BCUT2D eigenvalue weighted by Gasteiger charge is 2.09. The molecule has 0 aromatic heterocycles. The van der Waals surface area contributed by atoms with E-state index in [0.717, 1.165) is 51.4 Å². The van der Waals surface area contributed by atoms with Gasteiger partial charge in [-0.2, -0.15) is 0 Å². The van der Waals surface area contributed by atoms with Crippen LogP contribution in [-0.2, 0) is 19.2 Å². The number of carbonyl (C=O) groups excluding carboxylic acids is 2. The molecule has 7 heteroatoms. The summed E-state index contributed by atoms with van der Waals surface area (Å²) in [7, 11) is 0. The normalized spacial score (nSPS) is 11.6. The molecule has 1 atom stereocenters. The second kappa shape index (κ2) is 22.7. The number of hydrogen-bond donors (Lipinski definition) is 3. The fourth-order valence-electron chi connectivity index (χ4n) is 2.87. The summed E-state index contributed by atoms with van der Waals surface area (Å²) in [5.41, 5.74) is 0. The number of ketones is 2. The van der Waals surface area contributed by atoms with E-state index in [2.05, 4.69) is 19.1 Å². The van der Waals surface area contributed by atoms with Crippen LogP contribution >= 0.6 is 0 Å². The Morgan fingerprint density at radius 3 is 1.97 bits per heavy atom. The van der Waals surface area contributed by atoms with Crippen LogP contribution in [0.2, 0.25) is 0 Å². The molecule has 0 radical (unpaired) electrons. The van der Waals surface area contributed by atoms with E-state index in [4.69, 9.17) is 10.2 Å². The van der Waals surface area contributed by atoms with Crippen molar-refractivity contribution in [1.29, 1.82) is 0 Å². The van der Waals surface area contributed by atoms with Gasteiger partial charge in [-0.1, -0.05) is 64.0 Å². The first-order valence-electron chi connectivity index (χ1n) is 11.5. The fraction of sp³-hybridized carbons (Fsp3) is 0.750. The van der Waals surface area contributed by atoms with Crippen LogP contribution in [-0.4, -0.2) is 44.9 Å². The van der Waals surface area contributed by atoms with E-state index in [1.54, 1.807) is 0 Å². The van der Waals surface area contributed by atoms with Gasteiger partial charge in [0.2, 0.25) is 0 Å². The molecule has 0 heterocycles. The van der Waals surface area contributed by atoms with Crippen molar-refractivity contribution in [1.82, 2.24) is 0 Å². The van der Waals surface area contributed by atoms with Crippen molar-refractivity contribution < 1.29 is 34.5 Å². The Bertz CT molecular complexity index is 508. The van der Waals surface area contributed by atoms with E-state index < -0.39 is 24.1 Å². The summed E-state index contributed by atoms with van der Waals surface area (Å²) in [5.74, 6) is -2.72. The number of unbranched alkanes of at least 4 members (excludes halogenated alkanes) is 8. The Labute approximate surface area is 186 Å². The summed E-state index contributed by atoms with van der Waals surface area (Å²) < 4.78 is 0. The van der Waals surface area contributed by atoms with Crippen LogP contribution in [0.3, 0.4) is 0 Å². The largest absolute Gasteiger partial charge is 0.481 e. The van der Waals surface area contributed by atoms with Crippen LogP contribution < -0.4 is 0 Å². The number of carboxylic acids is 2. The molecule has 0 bridgehead atoms. The maximum atomic E-state index is 10.5. The van der Waals surface area contributed by atoms with Gasteiger partial charge in [0.25, 0.3) is 0 Å². The van der Waals surface area contributed by atoms with Gasteiger partial charge in [-0.15, -0.1) is 0 Å². The van der Waals surface area contributed by atoms with Crippen molar-refractivity contribution in [2.75, 3.05) is 0 Å². The number of carbonyl (C=O) groups is 4. The number of aliphatic carboxylic acids is 2. The SMILES string of the molecule is CC(=O)CC(=O)CC(=O)O.CCCCCC[C@@H](O)C/C=C\CCCCCCCC(=O)O. The molecule has 0 fully saturated rings. The lowest BCUT2D eigenvalue weighted by atomic mass is 10.1. The average Bonchev–Trinajstić information content (AvgIpc) is 2.65. The summed E-state index contributed by atoms with van der Waals surface area (Å²) in [6.07, 6.45) is 16.5. The second-order valence-corrected chi connectivity index (χ2v) is 7.90. The molecule has 0 aromatic carbocycles. The molecule has 0 saturated heterocycles. The lowest BCUT2D eigenvalue weighted by Gasteiger charge is -2.07. The Morgan fingerprint density at radius 2 is 1.39 bits per heavy atom. The predicted molar refractivity (Wildman–Crippen MR) is 121 cm³/mol. The van der Waals surface area contributed by atoms with Crippen LogP contribution in [0.4, 0.5) is 0 Å². The molecule has 0 aliphatic heterocycles. The number of aliphatic hydroxyl groups is 1. The number of allylic oxidation sites excluding steroid dienone is 1. The molecule has 7 nitrogen and oxygen atoms in total. The van der Waals surface area contributed by atoms with Gasteiger partial charge in [-0.3, -0.25) is 19.2 Å². The van der Waals surface area contributed by atoms with E-state index in [-0.39, 0.29) is 18.3 Å². The highest BCUT2D eigenvalue weighted by Crippen LogP contribution is 2.10. The van der Waals surface area contributed by atoms with Crippen molar-refractivity contribution in [2.24, 2.45) is 0 Å². The predicted octanol–water partition coefficient (Wildman–Crippen LogP) is 5.09. The summed E-state index contributed by atoms with van der Waals surface area (Å²) in [5, 5.41) is 26.4. The molecule has 0 amide bonds. The molecular formula is C24H42O7. The van der Waals surface area contributed by atoms with E-state index in [9.17, 15) is 24.3 Å². The lowest BCUT2D eigenvalue weighted by Crippen LogP contribution is -2.09. The minimum Gasteiger partial charge on any atom is -0.481 e. The zero-order valence-electron chi connectivity index (χ0n) is 19.3. The van der Waals surface area contributed by atoms with Gasteiger partial charge in [0.15, 0.2) is 5.78 Å². The van der Waals surface area contributed by atoms with Crippen LogP contribution in [0.25, 0.3) is 0 Å². The molecular weight excluding hydrogens is 400 g/mol. The first-order chi connectivity index (χ1) is 14.7. The Morgan fingerprint density at radius 1 is 0.774 bits per heavy atom. The quantitative estimate of drug-likeness (QED) is 0.144. The van der Waals surface area contributed by atoms with Crippen LogP contribution in [0.5, 0.6) is 0 Å². The van der Waals surface area contributed by atoms with E-state index in [1.807, 2.05) is 0 Å². The molecule has 0 aliphatic carbocycles. The summed E-state index contributed by atoms with van der Waals surface area (Å²) >= 11 is 0. The Balaban J connectivity index is 0. The van der Waals surface area contributed by atoms with Gasteiger partial charge >= 0.3 is 11.9 Å². The number of Topliss-reactive ketones (excluding diaryl/α,β-unsaturated/α-hetero) is 2. The Hall–Kier alpha value is -2.02. The molecule has 0 aromatic rings. The second-order valence-electron chi connectivity index (χ2n) is 7.90. The molecule has 31 heavy (non-hydrogen) atoms. The first kappa shape index (κ1) is 31.2. The van der Waals surface area contributed by atoms with Gasteiger partial charge in [-0.25, -0.2) is 0 Å². The third-order valence-corrected chi connectivity index (χ3v) is 4.52. The number of carboxylic acid groups (broad SMARTS) is 2. The monoisotopic (exact) mass is 442 g/mol. The van der Waals surface area contributed by atoms with E-state index >= 15 is 0 Å². The van der Waals surface area contributed by atoms with Gasteiger partial charge in [-0.05, 0) is 39.0 Å². The van der Waals surface area contributed by atoms with Gasteiger partial charge in [0.05, 0.1) is 12.5 Å². The maximum Gasteiger partial charge on any atom is 0.310 e. The van der Waals surface area contributed by atoms with Crippen molar-refractivity contribution in [3.8, 4) is 0 Å². The van der Waals surface area contributed by atoms with Crippen molar-refractivity contribution >= 4 is 23.5 Å². The first-order valence-corrected chi connectivity index (χ1v) is 11.5. The summed E-state index contributed by atoms with van der Waals surface area (Å²) in [6, 6.07) is 0. The van der Waals surface area contributed by atoms with Crippen molar-refractivity contribution in [3.05, 3.63) is 12.2 Å². The minimum absolute atomic E-state index is 0.172. The third kappa shape index (κ3) is 30.3. The van der Waals surface area contributed by atoms with E-state index in [0.29, 0.717) is 6.42 Å². The molecule has 0 aliphatic rings. The molecule has 0 saturated carbocycles. The molecule has 0 unspecified atom stereocenters. The van der Waals surface area contributed by atoms with Crippen molar-refractivity contribution in [3.63, 3.8) is 0 Å². The molecule has 3 N–H and O–H groups in total. The zero-order chi connectivity index (χ0) is 23.9. The average molecular weight is 443 g/mol. The molecule has 180 valence electrons. The highest BCUT2D eigenvalue weighted by molar-refractivity contribution is 6.04. The third-order valence-electron chi connectivity index (χ3n) is 4.52. The van der Waals surface area contributed by atoms with Crippen molar-refractivity contribution in [2.45, 2.75) is 116 Å². The summed E-state index contributed by atoms with van der Waals surface area (Å²) in [4.78, 5) is 40.9. The standard InChI is InChI=1S/C18H34O3.C6H8O4/c1-2-3-4-11-14-17(19)15-12-9-7-5-6-8-10-13-16-18(20)21;1-4(7)2-5(8)3-6(9)10/h9,12,17,19H,2-8,10-11,13-16H2,1H3,(H,20,21);2-3H2,1H3,(H,9,10)/b12-9-;/t17-;/m1./s1. The maximum absolute atomic E-state index is 10.5. The number of aliphatic hydroxyl groups excluding tert-OH is 1. The topological polar surface area (TPSA) is 129 Å². The van der Waals surface area contributed by atoms with Gasteiger partial charge in [0.1, 0.15) is 12.2 Å². The number of rotatable bonds is 19. The molecule has 0 rings (SSSR count). The summed E-state index contributed by atoms with van der Waals surface area (Å²) in [6.45, 7) is 3.45. The molecule has 0 spiro atoms. The number of hydrogen-bond acceptors (Lipinski definition) is 5. The smallest absolute Gasteiger partial charge is 0.310 e. The lowest BCUT2D eigenvalue weighted by molar-refractivity contribution is -0.141. The zero-order valence-corrected chi connectivity index (χ0v) is 19.3. The Kier molecular flexibility index (Phi) is 22.8. The van der Waals surface area contributed by atoms with Crippen LogP contribution in [0.1, 0.15) is 110 Å². The van der Waals surface area contributed by atoms with Gasteiger partial charge < -0.3 is 15.3 Å². The minimum atomic E-state index is -1.19. The van der Waals surface area contributed by atoms with E-state index in [1.165, 1.54) is 32.6 Å². The van der Waals surface area contributed by atoms with Crippen LogP contribution in [0.15, 0.2) is 12.2 Å². The highest BCUT2D eigenvalue weighted by atomic mass is 16.4. The van der Waals surface area contributed by atoms with Crippen LogP contribution in [0, 0.1) is 0 Å².